The van der Waals surface area contributed by atoms with Crippen LogP contribution in [0, 0.1) is 11.7 Å². The highest BCUT2D eigenvalue weighted by atomic mass is 32.2. The molecule has 2 rings (SSSR count). The summed E-state index contributed by atoms with van der Waals surface area (Å²) < 4.78 is 41.1. The highest BCUT2D eigenvalue weighted by molar-refractivity contribution is 7.99. The molecule has 0 aromatic carbocycles. The van der Waals surface area contributed by atoms with Crippen LogP contribution >= 0.6 is 11.8 Å². The summed E-state index contributed by atoms with van der Waals surface area (Å²) in [5, 5.41) is 7.19. The van der Waals surface area contributed by atoms with E-state index in [9.17, 15) is 22.8 Å². The van der Waals surface area contributed by atoms with E-state index >= 15 is 0 Å². The van der Waals surface area contributed by atoms with Gasteiger partial charge >= 0.3 is 5.69 Å². The monoisotopic (exact) mass is 282 g/mol. The van der Waals surface area contributed by atoms with Crippen molar-refractivity contribution >= 4 is 11.8 Å². The number of thioether (sulfide) groups is 1. The number of H-pyrrole nitrogens is 1. The van der Waals surface area contributed by atoms with Crippen molar-refractivity contribution in [1.29, 1.82) is 0 Å². The minimum atomic E-state index is -3.35. The van der Waals surface area contributed by atoms with Gasteiger partial charge in [-0.3, -0.25) is 14.3 Å². The zero-order chi connectivity index (χ0) is 13.5. The Hall–Kier alpha value is -1.22. The van der Waals surface area contributed by atoms with E-state index in [1.807, 2.05) is 0 Å². The molecule has 100 valence electrons. The van der Waals surface area contributed by atoms with E-state index in [2.05, 4.69) is 0 Å². The Balaban J connectivity index is 2.48. The average molecular weight is 282 g/mol. The quantitative estimate of drug-likeness (QED) is 0.810. The van der Waals surface area contributed by atoms with Gasteiger partial charge in [0.05, 0.1) is 18.7 Å². The van der Waals surface area contributed by atoms with Crippen molar-refractivity contribution in [1.82, 2.24) is 9.55 Å². The fraction of sp³-hybridized carbons (Fsp3) is 0.556. The second-order valence-electron chi connectivity index (χ2n) is 3.88. The molecular formula is C9H9F3N2O3S. The van der Waals surface area contributed by atoms with Crippen LogP contribution in [0.2, 0.25) is 0 Å². The predicted molar refractivity (Wildman–Crippen MR) is 58.3 cm³/mol. The van der Waals surface area contributed by atoms with Crippen LogP contribution in [0.3, 0.4) is 0 Å². The summed E-state index contributed by atoms with van der Waals surface area (Å²) >= 11 is 0.728. The van der Waals surface area contributed by atoms with Crippen molar-refractivity contribution in [2.24, 2.45) is 5.92 Å². The lowest BCUT2D eigenvalue weighted by Crippen LogP contribution is -2.40. The summed E-state index contributed by atoms with van der Waals surface area (Å²) in [6.45, 7) is -0.725. The summed E-state index contributed by atoms with van der Waals surface area (Å²) in [5.41, 5.74) is -2.35. The smallest absolute Gasteiger partial charge is 0.329 e. The van der Waals surface area contributed by atoms with E-state index in [4.69, 9.17) is 5.11 Å². The standard InChI is InChI=1S/C9H9F3N2O3S/c10-5-1-14(8(17)13-6(5)16)7-9(11,12)4(2-15)3-18-7/h1,4,7,15H,2-3H2,(H,13,16,17)/t4-,7+/m0/s1. The van der Waals surface area contributed by atoms with Gasteiger partial charge < -0.3 is 5.11 Å². The molecule has 18 heavy (non-hydrogen) atoms. The molecule has 0 bridgehead atoms. The highest BCUT2D eigenvalue weighted by Crippen LogP contribution is 2.50. The molecule has 0 aliphatic carbocycles. The first-order valence-electron chi connectivity index (χ1n) is 4.99. The molecule has 0 spiro atoms. The zero-order valence-corrected chi connectivity index (χ0v) is 9.72. The van der Waals surface area contributed by atoms with Gasteiger partial charge in [0.1, 0.15) is 5.37 Å². The van der Waals surface area contributed by atoms with Crippen molar-refractivity contribution in [3.05, 3.63) is 32.9 Å². The third-order valence-electron chi connectivity index (χ3n) is 2.73. The van der Waals surface area contributed by atoms with Crippen LogP contribution < -0.4 is 11.2 Å². The topological polar surface area (TPSA) is 75.1 Å². The lowest BCUT2D eigenvalue weighted by Gasteiger charge is -2.23. The number of hydrogen-bond acceptors (Lipinski definition) is 4. The van der Waals surface area contributed by atoms with Crippen LogP contribution in [0.1, 0.15) is 5.37 Å². The third-order valence-corrected chi connectivity index (χ3v) is 4.18. The maximum Gasteiger partial charge on any atom is 0.329 e. The molecule has 1 aliphatic rings. The SMILES string of the molecule is O=c1[nH]c(=O)n([C@@H]2SC[C@H](CO)C2(F)F)cc1F. The van der Waals surface area contributed by atoms with Gasteiger partial charge in [0, 0.05) is 5.75 Å². The second kappa shape index (κ2) is 4.47. The molecule has 0 saturated carbocycles. The predicted octanol–water partition coefficient (Wildman–Crippen LogP) is 0.165. The Kier molecular flexibility index (Phi) is 3.28. The Morgan fingerprint density at radius 3 is 2.78 bits per heavy atom. The minimum Gasteiger partial charge on any atom is -0.396 e. The van der Waals surface area contributed by atoms with Gasteiger partial charge in [-0.2, -0.15) is 4.39 Å². The Morgan fingerprint density at radius 1 is 1.56 bits per heavy atom. The second-order valence-corrected chi connectivity index (χ2v) is 5.00. The first-order valence-corrected chi connectivity index (χ1v) is 6.04. The first kappa shape index (κ1) is 13.2. The van der Waals surface area contributed by atoms with Crippen molar-refractivity contribution in [2.75, 3.05) is 12.4 Å². The molecule has 2 atom stereocenters. The van der Waals surface area contributed by atoms with E-state index in [-0.39, 0.29) is 5.75 Å². The fourth-order valence-electron chi connectivity index (χ4n) is 1.71. The summed E-state index contributed by atoms with van der Waals surface area (Å²) in [5.74, 6) is -6.01. The average Bonchev–Trinajstić information content (AvgIpc) is 2.58. The molecule has 0 amide bonds. The molecule has 9 heteroatoms. The number of halogens is 3. The minimum absolute atomic E-state index is 0.0542. The number of hydrogen-bond donors (Lipinski definition) is 2. The van der Waals surface area contributed by atoms with Gasteiger partial charge in [-0.25, -0.2) is 13.6 Å². The molecule has 1 saturated heterocycles. The van der Waals surface area contributed by atoms with Gasteiger partial charge in [0.25, 0.3) is 11.5 Å². The van der Waals surface area contributed by atoms with E-state index in [1.165, 1.54) is 0 Å². The number of alkyl halides is 2. The zero-order valence-electron chi connectivity index (χ0n) is 8.90. The number of aliphatic hydroxyl groups is 1. The molecule has 1 aromatic heterocycles. The number of rotatable bonds is 2. The number of aliphatic hydroxyl groups excluding tert-OH is 1. The normalized spacial score (nSPS) is 26.4. The summed E-state index contributed by atoms with van der Waals surface area (Å²) in [7, 11) is 0. The number of nitrogens with zero attached hydrogens (tertiary/aromatic N) is 1. The maximum absolute atomic E-state index is 13.8. The number of aromatic amines is 1. The summed E-state index contributed by atoms with van der Waals surface area (Å²) in [6, 6.07) is 0. The Bertz CT molecular complexity index is 571. The van der Waals surface area contributed by atoms with Crippen molar-refractivity contribution in [3.8, 4) is 0 Å². The van der Waals surface area contributed by atoms with Gasteiger partial charge in [0.2, 0.25) is 5.82 Å². The van der Waals surface area contributed by atoms with Crippen LogP contribution in [-0.2, 0) is 0 Å². The molecule has 1 aliphatic heterocycles. The Morgan fingerprint density at radius 2 is 2.22 bits per heavy atom. The highest BCUT2D eigenvalue weighted by Gasteiger charge is 2.54. The van der Waals surface area contributed by atoms with Crippen molar-refractivity contribution in [3.63, 3.8) is 0 Å². The fourth-order valence-corrected chi connectivity index (χ4v) is 3.18. The van der Waals surface area contributed by atoms with E-state index in [1.54, 1.807) is 4.98 Å². The van der Waals surface area contributed by atoms with Crippen LogP contribution in [0.5, 0.6) is 0 Å². The molecular weight excluding hydrogens is 273 g/mol. The van der Waals surface area contributed by atoms with Gasteiger partial charge in [0.15, 0.2) is 0 Å². The molecule has 5 nitrogen and oxygen atoms in total. The summed E-state index contributed by atoms with van der Waals surface area (Å²) in [6.07, 6.45) is 0.465. The van der Waals surface area contributed by atoms with Crippen molar-refractivity contribution < 1.29 is 18.3 Å². The van der Waals surface area contributed by atoms with Crippen LogP contribution in [-0.4, -0.2) is 32.9 Å². The Labute approximate surface area is 103 Å². The van der Waals surface area contributed by atoms with Gasteiger partial charge in [-0.15, -0.1) is 11.8 Å². The van der Waals surface area contributed by atoms with E-state index < -0.39 is 40.9 Å². The van der Waals surface area contributed by atoms with E-state index in [0.29, 0.717) is 10.8 Å². The van der Waals surface area contributed by atoms with Gasteiger partial charge in [-0.05, 0) is 0 Å². The molecule has 1 aromatic rings. The lowest BCUT2D eigenvalue weighted by molar-refractivity contribution is -0.0749. The molecule has 2 heterocycles. The summed E-state index contributed by atoms with van der Waals surface area (Å²) in [4.78, 5) is 23.8. The number of nitrogens with one attached hydrogen (secondary N) is 1. The van der Waals surface area contributed by atoms with Crippen LogP contribution in [0.4, 0.5) is 13.2 Å². The van der Waals surface area contributed by atoms with Crippen LogP contribution in [0.15, 0.2) is 15.8 Å². The first-order chi connectivity index (χ1) is 8.37. The maximum atomic E-state index is 13.8. The third kappa shape index (κ3) is 1.97. The largest absolute Gasteiger partial charge is 0.396 e. The van der Waals surface area contributed by atoms with E-state index in [0.717, 1.165) is 11.8 Å². The molecule has 2 N–H and O–H groups in total. The molecule has 0 unspecified atom stereocenters. The van der Waals surface area contributed by atoms with Gasteiger partial charge in [-0.1, -0.05) is 0 Å². The lowest BCUT2D eigenvalue weighted by atomic mass is 10.1. The van der Waals surface area contributed by atoms with Crippen molar-refractivity contribution in [2.45, 2.75) is 11.3 Å². The molecule has 0 radical (unpaired) electrons. The number of aromatic nitrogens is 2. The van der Waals surface area contributed by atoms with Crippen LogP contribution in [0.25, 0.3) is 0 Å². The molecule has 1 fully saturated rings.